The first kappa shape index (κ1) is 10.9. The van der Waals surface area contributed by atoms with Crippen molar-refractivity contribution in [1.29, 1.82) is 5.26 Å². The fraction of sp³-hybridized carbons (Fsp3) is 0.444. The van der Waals surface area contributed by atoms with Crippen molar-refractivity contribution in [1.82, 2.24) is 9.97 Å². The second kappa shape index (κ2) is 4.51. The van der Waals surface area contributed by atoms with Gasteiger partial charge in [-0.3, -0.25) is 0 Å². The molecule has 2 rings (SSSR count). The van der Waals surface area contributed by atoms with E-state index >= 15 is 0 Å². The van der Waals surface area contributed by atoms with Gasteiger partial charge in [0.1, 0.15) is 0 Å². The van der Waals surface area contributed by atoms with E-state index in [2.05, 4.69) is 16.0 Å². The van der Waals surface area contributed by atoms with Gasteiger partial charge in [0.15, 0.2) is 11.9 Å². The van der Waals surface area contributed by atoms with E-state index < -0.39 is 6.10 Å². The molecule has 1 aliphatic rings. The number of hydrogen-bond acceptors (Lipinski definition) is 6. The maximum Gasteiger partial charge on any atom is 0.224 e. The zero-order chi connectivity index (χ0) is 11.5. The van der Waals surface area contributed by atoms with Crippen molar-refractivity contribution in [2.45, 2.75) is 6.10 Å². The van der Waals surface area contributed by atoms with Crippen molar-refractivity contribution in [2.75, 3.05) is 30.3 Å². The van der Waals surface area contributed by atoms with Gasteiger partial charge in [-0.1, -0.05) is 0 Å². The molecule has 0 radical (unpaired) electrons. The monoisotopic (exact) mass is 239 g/mol. The molecule has 2 heterocycles. The molecule has 7 heteroatoms. The first-order valence-corrected chi connectivity index (χ1v) is 5.12. The predicted octanol–water partition coefficient (Wildman–Crippen LogP) is 0.441. The molecule has 16 heavy (non-hydrogen) atoms. The van der Waals surface area contributed by atoms with E-state index in [9.17, 15) is 0 Å². The molecular formula is C9H10ClN5O. The van der Waals surface area contributed by atoms with E-state index in [0.29, 0.717) is 31.2 Å². The Morgan fingerprint density at radius 3 is 3.25 bits per heavy atom. The molecule has 1 aromatic heterocycles. The summed E-state index contributed by atoms with van der Waals surface area (Å²) in [7, 11) is 0. The number of nitrogens with two attached hydrogens (primary N) is 1. The van der Waals surface area contributed by atoms with Gasteiger partial charge >= 0.3 is 0 Å². The van der Waals surface area contributed by atoms with Crippen molar-refractivity contribution < 1.29 is 4.74 Å². The Labute approximate surface area is 97.6 Å². The van der Waals surface area contributed by atoms with Crippen LogP contribution >= 0.6 is 11.6 Å². The average molecular weight is 240 g/mol. The van der Waals surface area contributed by atoms with E-state index in [1.807, 2.05) is 4.90 Å². The highest BCUT2D eigenvalue weighted by atomic mass is 35.5. The van der Waals surface area contributed by atoms with Crippen molar-refractivity contribution in [3.63, 3.8) is 0 Å². The highest BCUT2D eigenvalue weighted by molar-refractivity contribution is 6.28. The fourth-order valence-corrected chi connectivity index (χ4v) is 1.66. The van der Waals surface area contributed by atoms with Crippen LogP contribution in [0.2, 0.25) is 5.28 Å². The van der Waals surface area contributed by atoms with Crippen LogP contribution in [0.4, 0.5) is 11.5 Å². The number of morpholine rings is 1. The van der Waals surface area contributed by atoms with Crippen LogP contribution < -0.4 is 10.6 Å². The molecular weight excluding hydrogens is 230 g/mol. The molecule has 0 amide bonds. The topological polar surface area (TPSA) is 88.1 Å². The molecule has 0 aliphatic carbocycles. The number of nitrogens with zero attached hydrogens (tertiary/aromatic N) is 4. The van der Waals surface area contributed by atoms with Crippen LogP contribution in [0.15, 0.2) is 6.20 Å². The largest absolute Gasteiger partial charge is 0.394 e. The summed E-state index contributed by atoms with van der Waals surface area (Å²) in [5.41, 5.74) is 6.21. The van der Waals surface area contributed by atoms with Gasteiger partial charge in [-0.25, -0.2) is 4.98 Å². The van der Waals surface area contributed by atoms with Gasteiger partial charge in [0.05, 0.1) is 31.1 Å². The van der Waals surface area contributed by atoms with Crippen LogP contribution in [0, 0.1) is 11.3 Å². The number of anilines is 2. The standard InChI is InChI=1S/C9H10ClN5O/c10-9-13-4-7(12)8(14-9)15-1-2-16-6(3-11)5-15/h4,6H,1-2,5,12H2. The van der Waals surface area contributed by atoms with Gasteiger partial charge in [0.2, 0.25) is 5.28 Å². The van der Waals surface area contributed by atoms with Crippen LogP contribution in [0.3, 0.4) is 0 Å². The molecule has 84 valence electrons. The second-order valence-corrected chi connectivity index (χ2v) is 3.69. The van der Waals surface area contributed by atoms with Crippen molar-refractivity contribution in [3.05, 3.63) is 11.5 Å². The van der Waals surface area contributed by atoms with Crippen molar-refractivity contribution >= 4 is 23.1 Å². The molecule has 0 spiro atoms. The summed E-state index contributed by atoms with van der Waals surface area (Å²) in [6.07, 6.45) is 1.00. The molecule has 1 fully saturated rings. The molecule has 1 unspecified atom stereocenters. The minimum atomic E-state index is -0.457. The number of halogens is 1. The summed E-state index contributed by atoms with van der Waals surface area (Å²) in [5, 5.41) is 8.93. The van der Waals surface area contributed by atoms with E-state index in [-0.39, 0.29) is 5.28 Å². The third-order valence-corrected chi connectivity index (χ3v) is 2.46. The Hall–Kier alpha value is -1.58. The minimum Gasteiger partial charge on any atom is -0.394 e. The third-order valence-electron chi connectivity index (χ3n) is 2.28. The SMILES string of the molecule is N#CC1CN(c2nc(Cl)ncc2N)CCO1. The lowest BCUT2D eigenvalue weighted by molar-refractivity contribution is 0.0762. The van der Waals surface area contributed by atoms with Gasteiger partial charge < -0.3 is 15.4 Å². The number of rotatable bonds is 1. The number of nitriles is 1. The lowest BCUT2D eigenvalue weighted by Gasteiger charge is -2.31. The predicted molar refractivity (Wildman–Crippen MR) is 59.0 cm³/mol. The molecule has 1 aliphatic heterocycles. The molecule has 2 N–H and O–H groups in total. The van der Waals surface area contributed by atoms with Gasteiger partial charge in [-0.05, 0) is 11.6 Å². The van der Waals surface area contributed by atoms with Crippen LogP contribution in [0.1, 0.15) is 0 Å². The Kier molecular flexibility index (Phi) is 3.08. The molecule has 1 saturated heterocycles. The van der Waals surface area contributed by atoms with Gasteiger partial charge in [-0.15, -0.1) is 0 Å². The number of ether oxygens (including phenoxy) is 1. The Morgan fingerprint density at radius 1 is 1.69 bits per heavy atom. The van der Waals surface area contributed by atoms with Crippen LogP contribution in [0.5, 0.6) is 0 Å². The first-order valence-electron chi connectivity index (χ1n) is 4.75. The minimum absolute atomic E-state index is 0.143. The zero-order valence-electron chi connectivity index (χ0n) is 8.43. The normalized spacial score (nSPS) is 20.5. The van der Waals surface area contributed by atoms with E-state index in [1.54, 1.807) is 0 Å². The van der Waals surface area contributed by atoms with Crippen LogP contribution in [-0.4, -0.2) is 35.8 Å². The first-order chi connectivity index (χ1) is 7.70. The lowest BCUT2D eigenvalue weighted by atomic mass is 10.3. The maximum atomic E-state index is 8.79. The highest BCUT2D eigenvalue weighted by Gasteiger charge is 2.22. The summed E-state index contributed by atoms with van der Waals surface area (Å²) in [4.78, 5) is 9.71. The summed E-state index contributed by atoms with van der Waals surface area (Å²) >= 11 is 5.71. The summed E-state index contributed by atoms with van der Waals surface area (Å²) < 4.78 is 5.23. The van der Waals surface area contributed by atoms with Crippen LogP contribution in [-0.2, 0) is 4.74 Å². The summed E-state index contributed by atoms with van der Waals surface area (Å²) in [6, 6.07) is 2.06. The molecule has 0 aromatic carbocycles. The summed E-state index contributed by atoms with van der Waals surface area (Å²) in [6.45, 7) is 1.54. The number of nitrogen functional groups attached to an aromatic ring is 1. The van der Waals surface area contributed by atoms with E-state index in [4.69, 9.17) is 27.3 Å². The van der Waals surface area contributed by atoms with E-state index in [1.165, 1.54) is 6.20 Å². The number of hydrogen-bond donors (Lipinski definition) is 1. The molecule has 0 saturated carbocycles. The Morgan fingerprint density at radius 2 is 2.50 bits per heavy atom. The van der Waals surface area contributed by atoms with Gasteiger partial charge in [-0.2, -0.15) is 10.2 Å². The molecule has 0 bridgehead atoms. The van der Waals surface area contributed by atoms with Crippen molar-refractivity contribution in [2.24, 2.45) is 0 Å². The lowest BCUT2D eigenvalue weighted by Crippen LogP contribution is -2.42. The Bertz CT molecular complexity index is 432. The smallest absolute Gasteiger partial charge is 0.224 e. The molecule has 1 atom stereocenters. The number of aromatic nitrogens is 2. The second-order valence-electron chi connectivity index (χ2n) is 3.35. The fourth-order valence-electron chi connectivity index (χ4n) is 1.53. The molecule has 6 nitrogen and oxygen atoms in total. The highest BCUT2D eigenvalue weighted by Crippen LogP contribution is 2.22. The summed E-state index contributed by atoms with van der Waals surface area (Å²) in [5.74, 6) is 0.559. The zero-order valence-corrected chi connectivity index (χ0v) is 9.18. The quantitative estimate of drug-likeness (QED) is 0.716. The van der Waals surface area contributed by atoms with Gasteiger partial charge in [0, 0.05) is 6.54 Å². The third kappa shape index (κ3) is 2.15. The van der Waals surface area contributed by atoms with Gasteiger partial charge in [0.25, 0.3) is 0 Å². The maximum absolute atomic E-state index is 8.79. The van der Waals surface area contributed by atoms with Crippen LogP contribution in [0.25, 0.3) is 0 Å². The van der Waals surface area contributed by atoms with E-state index in [0.717, 1.165) is 0 Å². The van der Waals surface area contributed by atoms with Crippen molar-refractivity contribution in [3.8, 4) is 6.07 Å². The average Bonchev–Trinajstić information content (AvgIpc) is 2.32. The molecule has 1 aromatic rings. The Balaban J connectivity index is 2.23.